The average molecular weight is 421 g/mol. The molecule has 0 aromatic heterocycles. The van der Waals surface area contributed by atoms with E-state index in [1.165, 1.54) is 21.3 Å². The molecule has 1 amide bonds. The van der Waals surface area contributed by atoms with Gasteiger partial charge in [-0.3, -0.25) is 4.79 Å². The minimum Gasteiger partial charge on any atom is -0.325 e. The van der Waals surface area contributed by atoms with Crippen molar-refractivity contribution in [1.82, 2.24) is 0 Å². The zero-order chi connectivity index (χ0) is 16.4. The standard InChI is InChI=1S/C19H17FINO/c1-11(2)18(12-3-6-14(21)7-4-12)10-19(18)15-9-13(20)5-8-16(15)22-17(19)23/h3-9,11H,10H2,1-2H3,(H,22,23)/t18-,19-/m0/s1. The van der Waals surface area contributed by atoms with Crippen LogP contribution in [0.1, 0.15) is 31.4 Å². The number of anilines is 1. The number of carbonyl (C=O) groups is 1. The van der Waals surface area contributed by atoms with Gasteiger partial charge in [-0.05, 0) is 76.4 Å². The Hall–Kier alpha value is -1.43. The molecular weight excluding hydrogens is 404 g/mol. The van der Waals surface area contributed by atoms with Crippen molar-refractivity contribution in [2.45, 2.75) is 31.1 Å². The molecule has 2 nitrogen and oxygen atoms in total. The fourth-order valence-electron chi connectivity index (χ4n) is 4.45. The second-order valence-electron chi connectivity index (χ2n) is 6.86. The molecule has 1 aliphatic carbocycles. The van der Waals surface area contributed by atoms with E-state index in [-0.39, 0.29) is 23.1 Å². The first-order valence-corrected chi connectivity index (χ1v) is 8.87. The zero-order valence-corrected chi connectivity index (χ0v) is 15.1. The molecule has 118 valence electrons. The summed E-state index contributed by atoms with van der Waals surface area (Å²) in [6, 6.07) is 13.0. The molecule has 1 heterocycles. The Balaban J connectivity index is 1.92. The minimum atomic E-state index is -0.634. The van der Waals surface area contributed by atoms with Crippen LogP contribution in [0.25, 0.3) is 0 Å². The summed E-state index contributed by atoms with van der Waals surface area (Å²) >= 11 is 2.28. The van der Waals surface area contributed by atoms with Gasteiger partial charge in [0.1, 0.15) is 5.82 Å². The van der Waals surface area contributed by atoms with Crippen molar-refractivity contribution in [3.8, 4) is 0 Å². The Kier molecular flexibility index (Phi) is 3.15. The molecule has 0 radical (unpaired) electrons. The molecule has 2 aromatic rings. The van der Waals surface area contributed by atoms with Crippen molar-refractivity contribution < 1.29 is 9.18 Å². The van der Waals surface area contributed by atoms with Crippen LogP contribution >= 0.6 is 22.6 Å². The average Bonchev–Trinajstić information content (AvgIpc) is 3.15. The highest BCUT2D eigenvalue weighted by atomic mass is 127. The second-order valence-corrected chi connectivity index (χ2v) is 8.10. The fourth-order valence-corrected chi connectivity index (χ4v) is 4.81. The number of rotatable bonds is 2. The lowest BCUT2D eigenvalue weighted by atomic mass is 9.75. The summed E-state index contributed by atoms with van der Waals surface area (Å²) in [5.74, 6) is -0.000306. The Morgan fingerprint density at radius 3 is 2.52 bits per heavy atom. The van der Waals surface area contributed by atoms with E-state index in [0.29, 0.717) is 0 Å². The summed E-state index contributed by atoms with van der Waals surface area (Å²) in [6.07, 6.45) is 0.737. The topological polar surface area (TPSA) is 29.1 Å². The number of benzene rings is 2. The molecular formula is C19H17FINO. The third-order valence-electron chi connectivity index (χ3n) is 5.60. The van der Waals surface area contributed by atoms with E-state index >= 15 is 0 Å². The molecule has 4 heteroatoms. The van der Waals surface area contributed by atoms with Crippen LogP contribution in [0.3, 0.4) is 0 Å². The van der Waals surface area contributed by atoms with Crippen molar-refractivity contribution in [2.24, 2.45) is 5.92 Å². The number of amides is 1. The van der Waals surface area contributed by atoms with Crippen LogP contribution in [0.5, 0.6) is 0 Å². The van der Waals surface area contributed by atoms with E-state index in [0.717, 1.165) is 17.7 Å². The Labute approximate surface area is 148 Å². The van der Waals surface area contributed by atoms with Crippen molar-refractivity contribution in [3.05, 3.63) is 63.0 Å². The molecule has 1 fully saturated rings. The Bertz CT molecular complexity index is 817. The molecule has 23 heavy (non-hydrogen) atoms. The van der Waals surface area contributed by atoms with Gasteiger partial charge in [0.25, 0.3) is 0 Å². The van der Waals surface area contributed by atoms with Crippen molar-refractivity contribution in [2.75, 3.05) is 5.32 Å². The molecule has 1 aliphatic heterocycles. The summed E-state index contributed by atoms with van der Waals surface area (Å²) < 4.78 is 15.0. The van der Waals surface area contributed by atoms with Gasteiger partial charge in [-0.15, -0.1) is 0 Å². The highest BCUT2D eigenvalue weighted by Crippen LogP contribution is 2.72. The third-order valence-corrected chi connectivity index (χ3v) is 6.32. The van der Waals surface area contributed by atoms with Crippen LogP contribution in [-0.4, -0.2) is 5.91 Å². The molecule has 1 saturated carbocycles. The molecule has 1 spiro atoms. The number of hydrogen-bond acceptors (Lipinski definition) is 1. The van der Waals surface area contributed by atoms with E-state index in [9.17, 15) is 9.18 Å². The summed E-state index contributed by atoms with van der Waals surface area (Å²) in [5, 5.41) is 2.96. The van der Waals surface area contributed by atoms with Crippen LogP contribution in [0.2, 0.25) is 0 Å². The molecule has 4 rings (SSSR count). The summed E-state index contributed by atoms with van der Waals surface area (Å²) in [4.78, 5) is 12.9. The molecule has 0 bridgehead atoms. The molecule has 1 N–H and O–H groups in total. The maximum absolute atomic E-state index is 13.8. The maximum atomic E-state index is 13.8. The largest absolute Gasteiger partial charge is 0.325 e. The minimum absolute atomic E-state index is 0.00495. The predicted octanol–water partition coefficient (Wildman–Crippen LogP) is 4.62. The Morgan fingerprint density at radius 1 is 1.17 bits per heavy atom. The van der Waals surface area contributed by atoms with Crippen molar-refractivity contribution in [3.63, 3.8) is 0 Å². The highest BCUT2D eigenvalue weighted by Gasteiger charge is 2.76. The first-order valence-electron chi connectivity index (χ1n) is 7.79. The number of carbonyl (C=O) groups excluding carboxylic acids is 1. The molecule has 0 saturated heterocycles. The van der Waals surface area contributed by atoms with Crippen LogP contribution < -0.4 is 5.32 Å². The number of halogens is 2. The van der Waals surface area contributed by atoms with Gasteiger partial charge >= 0.3 is 0 Å². The summed E-state index contributed by atoms with van der Waals surface area (Å²) in [5.41, 5.74) is 1.84. The molecule has 2 aliphatic rings. The van der Waals surface area contributed by atoms with Gasteiger partial charge in [0, 0.05) is 14.7 Å². The van der Waals surface area contributed by atoms with Crippen LogP contribution in [0.15, 0.2) is 42.5 Å². The van der Waals surface area contributed by atoms with Gasteiger partial charge in [0.05, 0.1) is 5.41 Å². The SMILES string of the molecule is CC(C)[C@]1(c2ccc(I)cc2)C[C@]12C(=O)Nc1ccc(F)cc12. The number of hydrogen-bond donors (Lipinski definition) is 1. The molecule has 2 atom stereocenters. The lowest BCUT2D eigenvalue weighted by Gasteiger charge is -2.26. The predicted molar refractivity (Wildman–Crippen MR) is 97.0 cm³/mol. The fraction of sp³-hybridized carbons (Fsp3) is 0.316. The van der Waals surface area contributed by atoms with Crippen molar-refractivity contribution >= 4 is 34.2 Å². The van der Waals surface area contributed by atoms with E-state index in [2.05, 4.69) is 66.0 Å². The van der Waals surface area contributed by atoms with Gasteiger partial charge in [-0.2, -0.15) is 0 Å². The summed E-state index contributed by atoms with van der Waals surface area (Å²) in [7, 11) is 0. The third kappa shape index (κ3) is 1.81. The van der Waals surface area contributed by atoms with E-state index in [1.807, 2.05) is 0 Å². The molecule has 2 aromatic carbocycles. The van der Waals surface area contributed by atoms with E-state index in [1.54, 1.807) is 6.07 Å². The second kappa shape index (κ2) is 4.79. The van der Waals surface area contributed by atoms with Gasteiger partial charge in [-0.25, -0.2) is 4.39 Å². The lowest BCUT2D eigenvalue weighted by molar-refractivity contribution is -0.118. The maximum Gasteiger partial charge on any atom is 0.236 e. The van der Waals surface area contributed by atoms with Crippen LogP contribution in [0, 0.1) is 15.3 Å². The van der Waals surface area contributed by atoms with Gasteiger partial charge in [-0.1, -0.05) is 26.0 Å². The van der Waals surface area contributed by atoms with Crippen molar-refractivity contribution in [1.29, 1.82) is 0 Å². The quantitative estimate of drug-likeness (QED) is 0.705. The first kappa shape index (κ1) is 15.1. The van der Waals surface area contributed by atoms with E-state index < -0.39 is 5.41 Å². The van der Waals surface area contributed by atoms with Crippen LogP contribution in [0.4, 0.5) is 10.1 Å². The van der Waals surface area contributed by atoms with Crippen LogP contribution in [-0.2, 0) is 15.6 Å². The molecule has 0 unspecified atom stereocenters. The first-order chi connectivity index (χ1) is 10.9. The highest BCUT2D eigenvalue weighted by molar-refractivity contribution is 14.1. The lowest BCUT2D eigenvalue weighted by Crippen LogP contribution is -2.33. The van der Waals surface area contributed by atoms with Gasteiger partial charge in [0.2, 0.25) is 5.91 Å². The summed E-state index contributed by atoms with van der Waals surface area (Å²) in [6.45, 7) is 4.30. The normalized spacial score (nSPS) is 28.1. The number of fused-ring (bicyclic) bond motifs is 2. The number of nitrogens with one attached hydrogen (secondary N) is 1. The van der Waals surface area contributed by atoms with Gasteiger partial charge in [0.15, 0.2) is 0 Å². The van der Waals surface area contributed by atoms with Gasteiger partial charge < -0.3 is 5.32 Å². The zero-order valence-electron chi connectivity index (χ0n) is 13.0. The monoisotopic (exact) mass is 421 g/mol. The Morgan fingerprint density at radius 2 is 1.87 bits per heavy atom. The van der Waals surface area contributed by atoms with E-state index in [4.69, 9.17) is 0 Å². The smallest absolute Gasteiger partial charge is 0.236 e.